The SMILES string of the molecule is CCN1CCCC(CNC(=NC)NC2CCN(c3cc(OC)cc(OC)c3)C2)C1. The monoisotopic (exact) mass is 403 g/mol. The van der Waals surface area contributed by atoms with Crippen molar-refractivity contribution in [2.75, 3.05) is 65.4 Å². The number of benzene rings is 1. The van der Waals surface area contributed by atoms with E-state index < -0.39 is 0 Å². The first kappa shape index (κ1) is 21.6. The van der Waals surface area contributed by atoms with Gasteiger partial charge in [-0.25, -0.2) is 0 Å². The van der Waals surface area contributed by atoms with Crippen molar-refractivity contribution in [1.82, 2.24) is 15.5 Å². The molecule has 0 aliphatic carbocycles. The third kappa shape index (κ3) is 5.92. The number of hydrogen-bond donors (Lipinski definition) is 2. The molecule has 1 aromatic carbocycles. The van der Waals surface area contributed by atoms with Crippen molar-refractivity contribution in [2.24, 2.45) is 10.9 Å². The van der Waals surface area contributed by atoms with Gasteiger partial charge in [-0.15, -0.1) is 0 Å². The highest BCUT2D eigenvalue weighted by Gasteiger charge is 2.25. The van der Waals surface area contributed by atoms with Gasteiger partial charge < -0.3 is 29.9 Å². The summed E-state index contributed by atoms with van der Waals surface area (Å²) in [7, 11) is 5.23. The Balaban J connectivity index is 1.50. The Morgan fingerprint density at radius 1 is 1.10 bits per heavy atom. The van der Waals surface area contributed by atoms with Crippen LogP contribution < -0.4 is 25.0 Å². The molecule has 0 spiro atoms. The van der Waals surface area contributed by atoms with Gasteiger partial charge in [0.1, 0.15) is 11.5 Å². The molecular weight excluding hydrogens is 366 g/mol. The topological polar surface area (TPSA) is 61.4 Å². The fourth-order valence-electron chi connectivity index (χ4n) is 4.32. The van der Waals surface area contributed by atoms with Gasteiger partial charge in [0.2, 0.25) is 0 Å². The standard InChI is InChI=1S/C22H37N5O2/c1-5-26-9-6-7-17(15-26)14-24-22(23-2)25-18-8-10-27(16-18)19-11-20(28-3)13-21(12-19)29-4/h11-13,17-18H,5-10,14-16H2,1-4H3,(H2,23,24,25). The number of hydrogen-bond acceptors (Lipinski definition) is 5. The van der Waals surface area contributed by atoms with E-state index in [9.17, 15) is 0 Å². The van der Waals surface area contributed by atoms with Gasteiger partial charge in [0.15, 0.2) is 5.96 Å². The van der Waals surface area contributed by atoms with Crippen LogP contribution in [0.4, 0.5) is 5.69 Å². The van der Waals surface area contributed by atoms with Crippen molar-refractivity contribution in [3.8, 4) is 11.5 Å². The van der Waals surface area contributed by atoms with Crippen LogP contribution in [0.3, 0.4) is 0 Å². The second-order valence-electron chi connectivity index (χ2n) is 8.00. The number of anilines is 1. The Bertz CT molecular complexity index is 659. The van der Waals surface area contributed by atoms with Crippen LogP contribution in [0.5, 0.6) is 11.5 Å². The van der Waals surface area contributed by atoms with E-state index in [1.54, 1.807) is 14.2 Å². The van der Waals surface area contributed by atoms with E-state index in [0.717, 1.165) is 55.7 Å². The number of nitrogens with one attached hydrogen (secondary N) is 2. The van der Waals surface area contributed by atoms with Gasteiger partial charge in [-0.3, -0.25) is 4.99 Å². The molecule has 2 aliphatic rings. The van der Waals surface area contributed by atoms with Gasteiger partial charge in [-0.1, -0.05) is 6.92 Å². The highest BCUT2D eigenvalue weighted by atomic mass is 16.5. The van der Waals surface area contributed by atoms with Gasteiger partial charge in [0, 0.05) is 63.2 Å². The molecule has 2 heterocycles. The van der Waals surface area contributed by atoms with Crippen LogP contribution in [0.2, 0.25) is 0 Å². The van der Waals surface area contributed by atoms with Gasteiger partial charge in [-0.05, 0) is 38.3 Å². The van der Waals surface area contributed by atoms with Crippen molar-refractivity contribution in [3.63, 3.8) is 0 Å². The molecule has 2 atom stereocenters. The predicted octanol–water partition coefficient (Wildman–Crippen LogP) is 2.18. The zero-order valence-electron chi connectivity index (χ0n) is 18.4. The summed E-state index contributed by atoms with van der Waals surface area (Å²) in [5.74, 6) is 3.25. The van der Waals surface area contributed by atoms with Crippen LogP contribution in [0, 0.1) is 5.92 Å². The molecule has 7 nitrogen and oxygen atoms in total. The van der Waals surface area contributed by atoms with Crippen molar-refractivity contribution < 1.29 is 9.47 Å². The molecule has 0 radical (unpaired) electrons. The van der Waals surface area contributed by atoms with Gasteiger partial charge in [0.25, 0.3) is 0 Å². The van der Waals surface area contributed by atoms with Gasteiger partial charge in [0.05, 0.1) is 14.2 Å². The number of guanidine groups is 1. The number of piperidine rings is 1. The summed E-state index contributed by atoms with van der Waals surface area (Å²) in [4.78, 5) is 9.37. The lowest BCUT2D eigenvalue weighted by atomic mass is 9.98. The van der Waals surface area contributed by atoms with E-state index in [4.69, 9.17) is 9.47 Å². The summed E-state index contributed by atoms with van der Waals surface area (Å²) >= 11 is 0. The molecule has 162 valence electrons. The molecular formula is C22H37N5O2. The molecule has 0 saturated carbocycles. The zero-order chi connectivity index (χ0) is 20.6. The minimum Gasteiger partial charge on any atom is -0.497 e. The Morgan fingerprint density at radius 2 is 1.86 bits per heavy atom. The van der Waals surface area contributed by atoms with E-state index in [0.29, 0.717) is 12.0 Å². The van der Waals surface area contributed by atoms with Crippen molar-refractivity contribution in [1.29, 1.82) is 0 Å². The minimum atomic E-state index is 0.372. The summed E-state index contributed by atoms with van der Waals surface area (Å²) in [6.07, 6.45) is 3.68. The summed E-state index contributed by atoms with van der Waals surface area (Å²) < 4.78 is 10.8. The molecule has 2 aliphatic heterocycles. The van der Waals surface area contributed by atoms with Gasteiger partial charge in [-0.2, -0.15) is 0 Å². The molecule has 2 fully saturated rings. The Hall–Kier alpha value is -2.15. The van der Waals surface area contributed by atoms with Crippen molar-refractivity contribution in [3.05, 3.63) is 18.2 Å². The molecule has 2 saturated heterocycles. The first-order chi connectivity index (χ1) is 14.1. The summed E-state index contributed by atoms with van der Waals surface area (Å²) in [5.41, 5.74) is 1.13. The number of ether oxygens (including phenoxy) is 2. The first-order valence-corrected chi connectivity index (χ1v) is 10.8. The molecule has 7 heteroatoms. The quantitative estimate of drug-likeness (QED) is 0.538. The number of methoxy groups -OCH3 is 2. The largest absolute Gasteiger partial charge is 0.497 e. The number of aliphatic imine (C=N–C) groups is 1. The summed E-state index contributed by atoms with van der Waals surface area (Å²) in [5, 5.41) is 7.16. The molecule has 2 N–H and O–H groups in total. The van der Waals surface area contributed by atoms with Crippen LogP contribution in [0.15, 0.2) is 23.2 Å². The summed E-state index contributed by atoms with van der Waals surface area (Å²) in [6, 6.07) is 6.42. The van der Waals surface area contributed by atoms with Crippen molar-refractivity contribution in [2.45, 2.75) is 32.2 Å². The Morgan fingerprint density at radius 3 is 2.52 bits per heavy atom. The predicted molar refractivity (Wildman–Crippen MR) is 119 cm³/mol. The normalized spacial score (nSPS) is 23.2. The van der Waals surface area contributed by atoms with Crippen LogP contribution in [-0.4, -0.2) is 77.4 Å². The molecule has 0 amide bonds. The smallest absolute Gasteiger partial charge is 0.191 e. The van der Waals surface area contributed by atoms with E-state index in [2.05, 4.69) is 44.5 Å². The maximum absolute atomic E-state index is 5.42. The number of nitrogens with zero attached hydrogens (tertiary/aromatic N) is 3. The fourth-order valence-corrected chi connectivity index (χ4v) is 4.32. The average Bonchev–Trinajstić information content (AvgIpc) is 3.24. The maximum atomic E-state index is 5.42. The number of rotatable bonds is 7. The third-order valence-electron chi connectivity index (χ3n) is 6.06. The van der Waals surface area contributed by atoms with E-state index in [1.165, 1.54) is 25.9 Å². The molecule has 0 bridgehead atoms. The third-order valence-corrected chi connectivity index (χ3v) is 6.06. The highest BCUT2D eigenvalue weighted by Crippen LogP contribution is 2.30. The van der Waals surface area contributed by atoms with Crippen LogP contribution in [0.1, 0.15) is 26.2 Å². The molecule has 1 aromatic rings. The molecule has 3 rings (SSSR count). The van der Waals surface area contributed by atoms with Crippen molar-refractivity contribution >= 4 is 11.6 Å². The number of likely N-dealkylation sites (tertiary alicyclic amines) is 1. The van der Waals surface area contributed by atoms with E-state index >= 15 is 0 Å². The fraction of sp³-hybridized carbons (Fsp3) is 0.682. The second kappa shape index (κ2) is 10.6. The maximum Gasteiger partial charge on any atom is 0.191 e. The lowest BCUT2D eigenvalue weighted by Crippen LogP contribution is -2.47. The Kier molecular flexibility index (Phi) is 7.86. The average molecular weight is 404 g/mol. The van der Waals surface area contributed by atoms with Crippen LogP contribution in [0.25, 0.3) is 0 Å². The van der Waals surface area contributed by atoms with Crippen LogP contribution >= 0.6 is 0 Å². The highest BCUT2D eigenvalue weighted by molar-refractivity contribution is 5.80. The lowest BCUT2D eigenvalue weighted by Gasteiger charge is -2.32. The molecule has 29 heavy (non-hydrogen) atoms. The first-order valence-electron chi connectivity index (χ1n) is 10.8. The van der Waals surface area contributed by atoms with Gasteiger partial charge >= 0.3 is 0 Å². The van der Waals surface area contributed by atoms with E-state index in [-0.39, 0.29) is 0 Å². The molecule has 0 aromatic heterocycles. The lowest BCUT2D eigenvalue weighted by molar-refractivity contribution is 0.183. The molecule has 2 unspecified atom stereocenters. The summed E-state index contributed by atoms with van der Waals surface area (Å²) in [6.45, 7) is 8.75. The van der Waals surface area contributed by atoms with E-state index in [1.807, 2.05) is 13.1 Å². The Labute approximate surface area is 175 Å². The second-order valence-corrected chi connectivity index (χ2v) is 8.00. The zero-order valence-corrected chi connectivity index (χ0v) is 18.4. The van der Waals surface area contributed by atoms with Crippen LogP contribution in [-0.2, 0) is 0 Å². The minimum absolute atomic E-state index is 0.372.